The lowest BCUT2D eigenvalue weighted by Crippen LogP contribution is -2.56. The minimum Gasteiger partial charge on any atom is -0.424 e. The standard InChI is InChI=1S/C20H34N4O3/c1-3-18-21-22-19(27-18)13-23-7-5-16-12-17(24-8-10-26-11-9-24)4-6-20(16,14-23)15-25-2/h16-17H,3-15H2,1-2H3/t16-,17-,20+/m1/s1. The third kappa shape index (κ3) is 4.21. The zero-order chi connectivity index (χ0) is 18.7. The molecule has 1 aromatic rings. The Bertz CT molecular complexity index is 604. The molecular formula is C20H34N4O3. The van der Waals surface area contributed by atoms with Crippen LogP contribution in [0.3, 0.4) is 0 Å². The molecule has 3 aliphatic rings. The highest BCUT2D eigenvalue weighted by Crippen LogP contribution is 2.48. The quantitative estimate of drug-likeness (QED) is 0.750. The number of nitrogens with zero attached hydrogens (tertiary/aromatic N) is 4. The lowest BCUT2D eigenvalue weighted by Gasteiger charge is -2.54. The smallest absolute Gasteiger partial charge is 0.230 e. The Morgan fingerprint density at radius 2 is 1.96 bits per heavy atom. The molecule has 2 saturated heterocycles. The number of morpholine rings is 1. The van der Waals surface area contributed by atoms with Crippen LogP contribution in [0.15, 0.2) is 4.42 Å². The zero-order valence-corrected chi connectivity index (χ0v) is 16.9. The van der Waals surface area contributed by atoms with Crippen molar-refractivity contribution in [3.8, 4) is 0 Å². The number of ether oxygens (including phenoxy) is 2. The number of fused-ring (bicyclic) bond motifs is 1. The molecule has 2 aliphatic heterocycles. The summed E-state index contributed by atoms with van der Waals surface area (Å²) < 4.78 is 17.0. The van der Waals surface area contributed by atoms with Gasteiger partial charge in [-0.15, -0.1) is 10.2 Å². The van der Waals surface area contributed by atoms with Crippen molar-refractivity contribution in [3.63, 3.8) is 0 Å². The highest BCUT2D eigenvalue weighted by Gasteiger charge is 2.48. The molecule has 0 bridgehead atoms. The SMILES string of the molecule is CCc1nnc(CN2CC[C@@H]3C[C@H](N4CCOCC4)CC[C@@]3(COC)C2)o1. The van der Waals surface area contributed by atoms with E-state index in [1.807, 2.05) is 14.0 Å². The van der Waals surface area contributed by atoms with Crippen molar-refractivity contribution in [1.29, 1.82) is 0 Å². The number of rotatable bonds is 6. The van der Waals surface area contributed by atoms with Gasteiger partial charge in [-0.2, -0.15) is 0 Å². The van der Waals surface area contributed by atoms with Gasteiger partial charge in [-0.3, -0.25) is 9.80 Å². The van der Waals surface area contributed by atoms with Crippen molar-refractivity contribution in [1.82, 2.24) is 20.0 Å². The molecular weight excluding hydrogens is 344 g/mol. The maximum atomic E-state index is 5.75. The molecule has 3 heterocycles. The lowest BCUT2D eigenvalue weighted by molar-refractivity contribution is -0.0881. The van der Waals surface area contributed by atoms with Crippen LogP contribution in [0.1, 0.15) is 44.4 Å². The van der Waals surface area contributed by atoms with Crippen LogP contribution in [-0.4, -0.2) is 79.1 Å². The predicted molar refractivity (Wildman–Crippen MR) is 101 cm³/mol. The summed E-state index contributed by atoms with van der Waals surface area (Å²) in [7, 11) is 1.85. The molecule has 0 N–H and O–H groups in total. The van der Waals surface area contributed by atoms with E-state index >= 15 is 0 Å². The van der Waals surface area contributed by atoms with Gasteiger partial charge in [-0.25, -0.2) is 0 Å². The van der Waals surface area contributed by atoms with Crippen molar-refractivity contribution in [2.24, 2.45) is 11.3 Å². The van der Waals surface area contributed by atoms with Crippen molar-refractivity contribution in [2.75, 3.05) is 53.1 Å². The number of piperidine rings is 1. The van der Waals surface area contributed by atoms with Crippen molar-refractivity contribution in [2.45, 2.75) is 51.6 Å². The molecule has 4 rings (SSSR count). The summed E-state index contributed by atoms with van der Waals surface area (Å²) in [5, 5.41) is 8.33. The summed E-state index contributed by atoms with van der Waals surface area (Å²) in [6.45, 7) is 9.82. The van der Waals surface area contributed by atoms with Crippen LogP contribution >= 0.6 is 0 Å². The van der Waals surface area contributed by atoms with Crippen LogP contribution in [-0.2, 0) is 22.4 Å². The summed E-state index contributed by atoms with van der Waals surface area (Å²) >= 11 is 0. The molecule has 0 spiro atoms. The van der Waals surface area contributed by atoms with Gasteiger partial charge in [0.15, 0.2) is 0 Å². The summed E-state index contributed by atoms with van der Waals surface area (Å²) in [5.74, 6) is 2.22. The molecule has 7 heteroatoms. The molecule has 27 heavy (non-hydrogen) atoms. The molecule has 0 amide bonds. The number of aromatic nitrogens is 2. The zero-order valence-electron chi connectivity index (χ0n) is 16.9. The number of hydrogen-bond acceptors (Lipinski definition) is 7. The number of hydrogen-bond donors (Lipinski definition) is 0. The van der Waals surface area contributed by atoms with Crippen LogP contribution in [0.25, 0.3) is 0 Å². The number of likely N-dealkylation sites (tertiary alicyclic amines) is 1. The third-order valence-corrected chi connectivity index (χ3v) is 6.89. The lowest BCUT2D eigenvalue weighted by atomic mass is 9.62. The van der Waals surface area contributed by atoms with Crippen LogP contribution in [0, 0.1) is 11.3 Å². The van der Waals surface area contributed by atoms with Gasteiger partial charge in [0.1, 0.15) is 0 Å². The predicted octanol–water partition coefficient (Wildman–Crippen LogP) is 1.97. The third-order valence-electron chi connectivity index (χ3n) is 6.89. The largest absolute Gasteiger partial charge is 0.424 e. The van der Waals surface area contributed by atoms with E-state index in [1.54, 1.807) is 0 Å². The maximum Gasteiger partial charge on any atom is 0.230 e. The summed E-state index contributed by atoms with van der Waals surface area (Å²) in [6.07, 6.45) is 5.85. The highest BCUT2D eigenvalue weighted by atomic mass is 16.5. The Kier molecular flexibility index (Phi) is 6.12. The van der Waals surface area contributed by atoms with Gasteiger partial charge in [-0.05, 0) is 38.1 Å². The first kappa shape index (κ1) is 19.3. The van der Waals surface area contributed by atoms with E-state index in [9.17, 15) is 0 Å². The fourth-order valence-corrected chi connectivity index (χ4v) is 5.47. The molecule has 0 aromatic carbocycles. The first-order valence-corrected chi connectivity index (χ1v) is 10.6. The molecule has 0 unspecified atom stereocenters. The molecule has 3 atom stereocenters. The van der Waals surface area contributed by atoms with Crippen LogP contribution < -0.4 is 0 Å². The molecule has 7 nitrogen and oxygen atoms in total. The Morgan fingerprint density at radius 1 is 1.15 bits per heavy atom. The van der Waals surface area contributed by atoms with E-state index in [-0.39, 0.29) is 5.41 Å². The topological polar surface area (TPSA) is 63.9 Å². The molecule has 1 aliphatic carbocycles. The minimum atomic E-state index is 0.267. The molecule has 152 valence electrons. The van der Waals surface area contributed by atoms with E-state index in [2.05, 4.69) is 20.0 Å². The first-order chi connectivity index (χ1) is 13.2. The normalized spacial score (nSPS) is 33.1. The van der Waals surface area contributed by atoms with Crippen molar-refractivity contribution in [3.05, 3.63) is 11.8 Å². The van der Waals surface area contributed by atoms with Gasteiger partial charge in [0.25, 0.3) is 0 Å². The fourth-order valence-electron chi connectivity index (χ4n) is 5.47. The second-order valence-corrected chi connectivity index (χ2v) is 8.51. The van der Waals surface area contributed by atoms with E-state index in [0.717, 1.165) is 82.7 Å². The Morgan fingerprint density at radius 3 is 2.70 bits per heavy atom. The van der Waals surface area contributed by atoms with E-state index < -0.39 is 0 Å². The van der Waals surface area contributed by atoms with Gasteiger partial charge in [-0.1, -0.05) is 6.92 Å². The number of methoxy groups -OCH3 is 1. The minimum absolute atomic E-state index is 0.267. The van der Waals surface area contributed by atoms with Gasteiger partial charge in [0.05, 0.1) is 26.4 Å². The van der Waals surface area contributed by atoms with Gasteiger partial charge >= 0.3 is 0 Å². The van der Waals surface area contributed by atoms with E-state index in [0.29, 0.717) is 0 Å². The van der Waals surface area contributed by atoms with E-state index in [1.165, 1.54) is 25.7 Å². The first-order valence-electron chi connectivity index (χ1n) is 10.6. The highest BCUT2D eigenvalue weighted by molar-refractivity contribution is 5.00. The second kappa shape index (κ2) is 8.55. The number of aryl methyl sites for hydroxylation is 1. The molecule has 1 saturated carbocycles. The van der Waals surface area contributed by atoms with Crippen LogP contribution in [0.2, 0.25) is 0 Å². The average molecular weight is 379 g/mol. The monoisotopic (exact) mass is 378 g/mol. The van der Waals surface area contributed by atoms with Crippen molar-refractivity contribution >= 4 is 0 Å². The molecule has 1 aromatic heterocycles. The van der Waals surface area contributed by atoms with Gasteiger partial charge < -0.3 is 13.9 Å². The molecule has 0 radical (unpaired) electrons. The molecule has 3 fully saturated rings. The summed E-state index contributed by atoms with van der Waals surface area (Å²) in [4.78, 5) is 5.16. The van der Waals surface area contributed by atoms with Crippen molar-refractivity contribution < 1.29 is 13.9 Å². The maximum absolute atomic E-state index is 5.75. The summed E-state index contributed by atoms with van der Waals surface area (Å²) in [5.41, 5.74) is 0.267. The van der Waals surface area contributed by atoms with Gasteiger partial charge in [0.2, 0.25) is 11.8 Å². The Balaban J connectivity index is 1.41. The fraction of sp³-hybridized carbons (Fsp3) is 0.900. The van der Waals surface area contributed by atoms with Crippen LogP contribution in [0.4, 0.5) is 0 Å². The second-order valence-electron chi connectivity index (χ2n) is 8.51. The average Bonchev–Trinajstić information content (AvgIpc) is 3.16. The Labute approximate surface area is 162 Å². The van der Waals surface area contributed by atoms with Crippen LogP contribution in [0.5, 0.6) is 0 Å². The summed E-state index contributed by atoms with van der Waals surface area (Å²) in [6, 6.07) is 0.721. The Hall–Kier alpha value is -1.02. The van der Waals surface area contributed by atoms with E-state index in [4.69, 9.17) is 13.9 Å². The van der Waals surface area contributed by atoms with Gasteiger partial charge in [0, 0.05) is 44.6 Å².